The number of benzene rings is 2. The van der Waals surface area contributed by atoms with Gasteiger partial charge in [0.25, 0.3) is 5.91 Å². The lowest BCUT2D eigenvalue weighted by molar-refractivity contribution is 0.0335. The normalized spacial score (nSPS) is 17.2. The standard InChI is InChI=1S/C30H40FN7O6S/c1-33-19-23-3-2-4-25-28(23)44-18-17-43-16-15-42-14-12-38(10-9-37(21-31)11-13-39)45(41)24-7-5-22(6-8-24)26-20-34-29(32)27(35-26)30(40)36-25/h2-8,20,33,39H,9-19,21H2,1H3,(H2,32,34)(H,36,40). The monoisotopic (exact) mass is 645 g/mol. The van der Waals surface area contributed by atoms with Crippen LogP contribution in [0.4, 0.5) is 15.9 Å². The number of ether oxygens (including phenoxy) is 3. The minimum atomic E-state index is -1.58. The Balaban J connectivity index is 1.61. The molecule has 15 heteroatoms. The molecule has 244 valence electrons. The molecule has 1 amide bonds. The third kappa shape index (κ3) is 9.71. The number of carbonyl (C=O) groups is 1. The summed E-state index contributed by atoms with van der Waals surface area (Å²) in [6.45, 7) is 2.08. The first-order chi connectivity index (χ1) is 21.9. The number of hydrogen-bond donors (Lipinski definition) is 4. The van der Waals surface area contributed by atoms with Crippen LogP contribution in [0.15, 0.2) is 53.6 Å². The molecule has 45 heavy (non-hydrogen) atoms. The van der Waals surface area contributed by atoms with Crippen molar-refractivity contribution in [2.24, 2.45) is 0 Å². The van der Waals surface area contributed by atoms with Crippen LogP contribution in [0.5, 0.6) is 5.75 Å². The smallest absolute Gasteiger partial charge is 0.278 e. The molecule has 0 spiro atoms. The van der Waals surface area contributed by atoms with Gasteiger partial charge < -0.3 is 35.7 Å². The average molecular weight is 646 g/mol. The molecule has 1 unspecified atom stereocenters. The summed E-state index contributed by atoms with van der Waals surface area (Å²) in [4.78, 5) is 24.1. The SMILES string of the molecule is CNCc1cccc2c1OCCOCCOCCN(CCN(CF)CCO)S(=O)c1ccc(cc1)-c1cnc(N)c(n1)C(=O)N2. The van der Waals surface area contributed by atoms with Crippen molar-refractivity contribution in [3.63, 3.8) is 0 Å². The van der Waals surface area contributed by atoms with E-state index in [0.717, 1.165) is 5.56 Å². The number of anilines is 2. The highest BCUT2D eigenvalue weighted by Crippen LogP contribution is 2.30. The molecule has 2 aliphatic rings. The van der Waals surface area contributed by atoms with Crippen LogP contribution in [0.3, 0.4) is 0 Å². The van der Waals surface area contributed by atoms with Gasteiger partial charge in [0.1, 0.15) is 30.1 Å². The van der Waals surface area contributed by atoms with E-state index in [4.69, 9.17) is 19.9 Å². The number of nitrogens with one attached hydrogen (secondary N) is 2. The Kier molecular flexibility index (Phi) is 13.6. The number of rotatable bonds is 8. The van der Waals surface area contributed by atoms with Gasteiger partial charge in [-0.3, -0.25) is 9.69 Å². The van der Waals surface area contributed by atoms with Crippen LogP contribution >= 0.6 is 0 Å². The topological polar surface area (TPSA) is 164 Å². The number of aromatic nitrogens is 2. The minimum Gasteiger partial charge on any atom is -0.489 e. The lowest BCUT2D eigenvalue weighted by Gasteiger charge is -2.25. The predicted molar refractivity (Wildman–Crippen MR) is 169 cm³/mol. The fourth-order valence-electron chi connectivity index (χ4n) is 4.55. The number of alkyl halides is 1. The van der Waals surface area contributed by atoms with Gasteiger partial charge in [0.05, 0.1) is 55.5 Å². The molecule has 0 radical (unpaired) electrons. The number of hydrogen-bond acceptors (Lipinski definition) is 11. The zero-order valence-electron chi connectivity index (χ0n) is 25.2. The second-order valence-electron chi connectivity index (χ2n) is 10.0. The Morgan fingerprint density at radius 1 is 1.11 bits per heavy atom. The average Bonchev–Trinajstić information content (AvgIpc) is 3.05. The van der Waals surface area contributed by atoms with Crippen LogP contribution in [0, 0.1) is 0 Å². The molecule has 13 nitrogen and oxygen atoms in total. The number of fused-ring (bicyclic) bond motifs is 13. The number of amides is 1. The van der Waals surface area contributed by atoms with Crippen LogP contribution in [0.2, 0.25) is 0 Å². The summed E-state index contributed by atoms with van der Waals surface area (Å²) < 4.78 is 46.1. The van der Waals surface area contributed by atoms with Crippen LogP contribution in [0.1, 0.15) is 16.1 Å². The molecule has 5 N–H and O–H groups in total. The van der Waals surface area contributed by atoms with E-state index in [1.54, 1.807) is 34.6 Å². The van der Waals surface area contributed by atoms with Gasteiger partial charge in [0.2, 0.25) is 0 Å². The van der Waals surface area contributed by atoms with E-state index in [-0.39, 0.29) is 57.6 Å². The summed E-state index contributed by atoms with van der Waals surface area (Å²) in [5, 5.41) is 15.2. The number of nitrogens with two attached hydrogens (primary N) is 1. The zero-order valence-corrected chi connectivity index (χ0v) is 26.1. The van der Waals surface area contributed by atoms with Crippen LogP contribution in [0.25, 0.3) is 11.3 Å². The summed E-state index contributed by atoms with van der Waals surface area (Å²) in [7, 11) is 0.233. The van der Waals surface area contributed by atoms with E-state index in [1.165, 1.54) is 11.1 Å². The molecule has 3 heterocycles. The first-order valence-corrected chi connectivity index (χ1v) is 15.7. The fraction of sp³-hybridized carbons (Fsp3) is 0.433. The van der Waals surface area contributed by atoms with Gasteiger partial charge in [-0.25, -0.2) is 22.9 Å². The molecule has 2 aliphatic heterocycles. The highest BCUT2D eigenvalue weighted by Gasteiger charge is 2.20. The van der Waals surface area contributed by atoms with Crippen molar-refractivity contribution < 1.29 is 32.7 Å². The lowest BCUT2D eigenvalue weighted by atomic mass is 10.1. The fourth-order valence-corrected chi connectivity index (χ4v) is 5.71. The minimum absolute atomic E-state index is 0.0351. The lowest BCUT2D eigenvalue weighted by Crippen LogP contribution is -2.38. The highest BCUT2D eigenvalue weighted by molar-refractivity contribution is 7.82. The number of aliphatic hydroxyl groups is 1. The molecular formula is C30H40FN7O6S. The Morgan fingerprint density at radius 2 is 1.87 bits per heavy atom. The van der Waals surface area contributed by atoms with Gasteiger partial charge in [-0.05, 0) is 25.2 Å². The Labute approximate surface area is 264 Å². The number of para-hydroxylation sites is 1. The van der Waals surface area contributed by atoms with Crippen molar-refractivity contribution in [1.29, 1.82) is 0 Å². The molecule has 1 aromatic heterocycles. The van der Waals surface area contributed by atoms with Gasteiger partial charge in [-0.2, -0.15) is 0 Å². The molecule has 2 aromatic carbocycles. The molecule has 1 atom stereocenters. The predicted octanol–water partition coefficient (Wildman–Crippen LogP) is 1.67. The molecular weight excluding hydrogens is 605 g/mol. The van der Waals surface area contributed by atoms with Crippen molar-refractivity contribution in [2.75, 3.05) is 90.7 Å². The van der Waals surface area contributed by atoms with Crippen molar-refractivity contribution in [3.8, 4) is 17.0 Å². The second-order valence-corrected chi connectivity index (χ2v) is 11.5. The van der Waals surface area contributed by atoms with E-state index in [2.05, 4.69) is 20.6 Å². The Hall–Kier alpha value is -3.57. The Morgan fingerprint density at radius 3 is 2.60 bits per heavy atom. The van der Waals surface area contributed by atoms with Crippen LogP contribution < -0.4 is 21.1 Å². The molecule has 4 bridgehead atoms. The number of halogens is 1. The van der Waals surface area contributed by atoms with Crippen molar-refractivity contribution in [1.82, 2.24) is 24.5 Å². The Bertz CT molecular complexity index is 1420. The van der Waals surface area contributed by atoms with Crippen molar-refractivity contribution in [3.05, 3.63) is 59.9 Å². The maximum absolute atomic E-state index is 13.6. The largest absolute Gasteiger partial charge is 0.489 e. The van der Waals surface area contributed by atoms with Crippen molar-refractivity contribution in [2.45, 2.75) is 11.4 Å². The zero-order chi connectivity index (χ0) is 32.0. The first-order valence-electron chi connectivity index (χ1n) is 14.6. The number of nitrogen functional groups attached to an aromatic ring is 1. The molecule has 0 fully saturated rings. The molecule has 3 aromatic rings. The maximum Gasteiger partial charge on any atom is 0.278 e. The summed E-state index contributed by atoms with van der Waals surface area (Å²) >= 11 is 0. The van der Waals surface area contributed by atoms with Gasteiger partial charge >= 0.3 is 0 Å². The summed E-state index contributed by atoms with van der Waals surface area (Å²) in [6, 6.07) is 12.3. The summed E-state index contributed by atoms with van der Waals surface area (Å²) in [6.07, 6.45) is 1.47. The maximum atomic E-state index is 13.6. The van der Waals surface area contributed by atoms with Crippen LogP contribution in [-0.2, 0) is 27.0 Å². The third-order valence-corrected chi connectivity index (χ3v) is 8.41. The van der Waals surface area contributed by atoms with E-state index < -0.39 is 23.7 Å². The van der Waals surface area contributed by atoms with Crippen molar-refractivity contribution >= 4 is 28.4 Å². The second kappa shape index (κ2) is 17.8. The number of nitrogens with zero attached hydrogens (tertiary/aromatic N) is 4. The van der Waals surface area contributed by atoms with Gasteiger partial charge in [0.15, 0.2) is 11.5 Å². The first kappa shape index (κ1) is 34.3. The highest BCUT2D eigenvalue weighted by atomic mass is 32.2. The molecule has 0 saturated heterocycles. The number of aliphatic hydroxyl groups excluding tert-OH is 1. The molecule has 0 aliphatic carbocycles. The van der Waals surface area contributed by atoms with E-state index in [9.17, 15) is 18.5 Å². The summed E-state index contributed by atoms with van der Waals surface area (Å²) in [5.41, 5.74) is 8.35. The summed E-state index contributed by atoms with van der Waals surface area (Å²) in [5.74, 6) is -0.0910. The van der Waals surface area contributed by atoms with E-state index in [0.29, 0.717) is 53.9 Å². The number of carbonyl (C=O) groups excluding carboxylic acids is 1. The quantitative estimate of drug-likeness (QED) is 0.208. The molecule has 5 rings (SSSR count). The van der Waals surface area contributed by atoms with E-state index >= 15 is 0 Å². The van der Waals surface area contributed by atoms with E-state index in [1.807, 2.05) is 19.2 Å². The van der Waals surface area contributed by atoms with Gasteiger partial charge in [-0.1, -0.05) is 24.3 Å². The molecule has 0 saturated carbocycles. The van der Waals surface area contributed by atoms with Gasteiger partial charge in [-0.15, -0.1) is 0 Å². The third-order valence-electron chi connectivity index (χ3n) is 6.90. The van der Waals surface area contributed by atoms with Crippen LogP contribution in [-0.4, -0.2) is 114 Å². The van der Waals surface area contributed by atoms with Gasteiger partial charge in [0, 0.05) is 43.9 Å².